The molecule has 1 saturated carbocycles. The van der Waals surface area contributed by atoms with E-state index in [4.69, 9.17) is 15.6 Å². The second kappa shape index (κ2) is 3.91. The van der Waals surface area contributed by atoms with Crippen LogP contribution in [-0.4, -0.2) is 24.0 Å². The van der Waals surface area contributed by atoms with E-state index in [1.54, 1.807) is 0 Å². The Morgan fingerprint density at radius 2 is 1.90 bits per heavy atom. The fourth-order valence-electron chi connectivity index (χ4n) is 1.35. The Bertz CT molecular complexity index is 89.6. The van der Waals surface area contributed by atoms with Crippen molar-refractivity contribution in [3.8, 4) is 0 Å². The molecule has 0 atom stereocenters. The molecule has 0 radical (unpaired) electrons. The van der Waals surface area contributed by atoms with Gasteiger partial charge in [-0.1, -0.05) is 0 Å². The van der Waals surface area contributed by atoms with Crippen molar-refractivity contribution in [1.29, 1.82) is 0 Å². The number of aliphatic hydroxyl groups excluding tert-OH is 1. The molecule has 0 aliphatic heterocycles. The molecule has 0 saturated heterocycles. The molecular weight excluding hydrogens is 130 g/mol. The van der Waals surface area contributed by atoms with Gasteiger partial charge in [-0.3, -0.25) is 0 Å². The number of aliphatic hydroxyl groups is 1. The number of rotatable bonds is 2. The van der Waals surface area contributed by atoms with E-state index in [9.17, 15) is 0 Å². The van der Waals surface area contributed by atoms with Crippen LogP contribution in [0.25, 0.3) is 0 Å². The molecular formula is C7H15NO2. The Kier molecular flexibility index (Phi) is 3.12. The van der Waals surface area contributed by atoms with Gasteiger partial charge < -0.3 is 15.6 Å². The minimum absolute atomic E-state index is 0.0994. The lowest BCUT2D eigenvalue weighted by atomic mass is 9.95. The molecule has 1 rings (SSSR count). The summed E-state index contributed by atoms with van der Waals surface area (Å²) in [5.41, 5.74) is 5.21. The summed E-state index contributed by atoms with van der Waals surface area (Å²) >= 11 is 0. The van der Waals surface area contributed by atoms with Crippen molar-refractivity contribution in [1.82, 2.24) is 0 Å². The van der Waals surface area contributed by atoms with Crippen LogP contribution in [0.15, 0.2) is 0 Å². The first-order valence-electron chi connectivity index (χ1n) is 3.82. The van der Waals surface area contributed by atoms with Gasteiger partial charge in [-0.2, -0.15) is 0 Å². The molecule has 0 aromatic heterocycles. The number of hydrogen-bond donors (Lipinski definition) is 2. The van der Waals surface area contributed by atoms with Gasteiger partial charge >= 0.3 is 0 Å². The quantitative estimate of drug-likeness (QED) is 0.547. The predicted octanol–water partition coefficient (Wildman–Crippen LogP) is 0.223. The van der Waals surface area contributed by atoms with Gasteiger partial charge in [0.25, 0.3) is 0 Å². The summed E-state index contributed by atoms with van der Waals surface area (Å²) in [7, 11) is 0. The second-order valence-electron chi connectivity index (χ2n) is 2.76. The maximum absolute atomic E-state index is 9.11. The second-order valence-corrected chi connectivity index (χ2v) is 2.76. The highest BCUT2D eigenvalue weighted by atomic mass is 16.5. The van der Waals surface area contributed by atoms with Gasteiger partial charge in [0.15, 0.2) is 0 Å². The maximum Gasteiger partial charge on any atom is 0.0944 e. The Balaban J connectivity index is 2.13. The monoisotopic (exact) mass is 145 g/mol. The topological polar surface area (TPSA) is 55.5 Å². The summed E-state index contributed by atoms with van der Waals surface area (Å²) in [6.07, 6.45) is 3.84. The van der Waals surface area contributed by atoms with E-state index in [-0.39, 0.29) is 6.10 Å². The molecule has 0 bridgehead atoms. The third kappa shape index (κ3) is 2.25. The average Bonchev–Trinajstić information content (AvgIpc) is 1.95. The minimum atomic E-state index is -0.0994. The van der Waals surface area contributed by atoms with Crippen LogP contribution < -0.4 is 5.73 Å². The van der Waals surface area contributed by atoms with Gasteiger partial charge in [0, 0.05) is 0 Å². The van der Waals surface area contributed by atoms with Gasteiger partial charge in [-0.15, -0.1) is 0 Å². The van der Waals surface area contributed by atoms with E-state index in [1.807, 2.05) is 0 Å². The molecule has 0 spiro atoms. The normalized spacial score (nSPS) is 34.2. The van der Waals surface area contributed by atoms with Crippen LogP contribution >= 0.6 is 0 Å². The first-order chi connectivity index (χ1) is 4.83. The smallest absolute Gasteiger partial charge is 0.0944 e. The van der Waals surface area contributed by atoms with Crippen molar-refractivity contribution in [3.05, 3.63) is 0 Å². The number of hydrogen-bond acceptors (Lipinski definition) is 3. The van der Waals surface area contributed by atoms with Crippen molar-refractivity contribution >= 4 is 0 Å². The molecule has 1 fully saturated rings. The van der Waals surface area contributed by atoms with E-state index >= 15 is 0 Å². The third-order valence-electron chi connectivity index (χ3n) is 1.98. The van der Waals surface area contributed by atoms with Crippen molar-refractivity contribution in [3.63, 3.8) is 0 Å². The fraction of sp³-hybridized carbons (Fsp3) is 1.00. The first-order valence-corrected chi connectivity index (χ1v) is 3.82. The van der Waals surface area contributed by atoms with Crippen molar-refractivity contribution < 1.29 is 9.84 Å². The van der Waals surface area contributed by atoms with Crippen molar-refractivity contribution in [2.75, 3.05) is 6.73 Å². The van der Waals surface area contributed by atoms with Crippen LogP contribution in [0, 0.1) is 0 Å². The molecule has 1 aliphatic carbocycles. The molecule has 3 N–H and O–H groups in total. The van der Waals surface area contributed by atoms with E-state index in [2.05, 4.69) is 0 Å². The van der Waals surface area contributed by atoms with E-state index in [0.29, 0.717) is 12.8 Å². The van der Waals surface area contributed by atoms with Crippen LogP contribution in [0.3, 0.4) is 0 Å². The Labute approximate surface area is 61.2 Å². The van der Waals surface area contributed by atoms with Gasteiger partial charge in [-0.25, -0.2) is 0 Å². The summed E-state index contributed by atoms with van der Waals surface area (Å²) in [6.45, 7) is 0.306. The lowest BCUT2D eigenvalue weighted by Crippen LogP contribution is -2.26. The summed E-state index contributed by atoms with van der Waals surface area (Å²) in [4.78, 5) is 0. The fourth-order valence-corrected chi connectivity index (χ4v) is 1.35. The predicted molar refractivity (Wildman–Crippen MR) is 38.4 cm³/mol. The highest BCUT2D eigenvalue weighted by Gasteiger charge is 2.18. The van der Waals surface area contributed by atoms with Crippen molar-refractivity contribution in [2.24, 2.45) is 5.73 Å². The van der Waals surface area contributed by atoms with Crippen LogP contribution in [-0.2, 0) is 4.74 Å². The third-order valence-corrected chi connectivity index (χ3v) is 1.98. The van der Waals surface area contributed by atoms with Crippen LogP contribution in [0.4, 0.5) is 0 Å². The van der Waals surface area contributed by atoms with Gasteiger partial charge in [-0.05, 0) is 25.7 Å². The molecule has 0 heterocycles. The molecule has 0 unspecified atom stereocenters. The highest BCUT2D eigenvalue weighted by Crippen LogP contribution is 2.20. The number of ether oxygens (including phenoxy) is 1. The molecule has 0 amide bonds. The largest absolute Gasteiger partial charge is 0.393 e. The lowest BCUT2D eigenvalue weighted by molar-refractivity contribution is -0.000376. The molecule has 1 aliphatic rings. The summed E-state index contributed by atoms with van der Waals surface area (Å²) in [5, 5.41) is 9.11. The molecule has 0 aromatic carbocycles. The molecule has 3 heteroatoms. The molecule has 3 nitrogen and oxygen atoms in total. The van der Waals surface area contributed by atoms with Gasteiger partial charge in [0.1, 0.15) is 0 Å². The molecule has 60 valence electrons. The zero-order chi connectivity index (χ0) is 7.40. The molecule has 0 aromatic rings. The van der Waals surface area contributed by atoms with E-state index < -0.39 is 0 Å². The Morgan fingerprint density at radius 1 is 1.30 bits per heavy atom. The first kappa shape index (κ1) is 7.98. The van der Waals surface area contributed by atoms with Crippen LogP contribution in [0.1, 0.15) is 25.7 Å². The van der Waals surface area contributed by atoms with Gasteiger partial charge in [0.05, 0.1) is 18.9 Å². The van der Waals surface area contributed by atoms with Crippen LogP contribution in [0.2, 0.25) is 0 Å². The van der Waals surface area contributed by atoms with E-state index in [0.717, 1.165) is 25.7 Å². The average molecular weight is 145 g/mol. The summed E-state index contributed by atoms with van der Waals surface area (Å²) < 4.78 is 5.20. The standard InChI is InChI=1S/C7H15NO2/c8-5-10-7-3-1-6(9)2-4-7/h6-7,9H,1-5,8H2. The lowest BCUT2D eigenvalue weighted by Gasteiger charge is -2.24. The highest BCUT2D eigenvalue weighted by molar-refractivity contribution is 4.71. The SMILES string of the molecule is NCOC1CCC(O)CC1. The zero-order valence-corrected chi connectivity index (χ0v) is 6.12. The molecule has 10 heavy (non-hydrogen) atoms. The number of nitrogens with two attached hydrogens (primary N) is 1. The summed E-state index contributed by atoms with van der Waals surface area (Å²) in [5.74, 6) is 0. The minimum Gasteiger partial charge on any atom is -0.393 e. The Hall–Kier alpha value is -0.120. The maximum atomic E-state index is 9.11. The summed E-state index contributed by atoms with van der Waals surface area (Å²) in [6, 6.07) is 0. The Morgan fingerprint density at radius 3 is 2.40 bits per heavy atom. The van der Waals surface area contributed by atoms with Gasteiger partial charge in [0.2, 0.25) is 0 Å². The van der Waals surface area contributed by atoms with E-state index in [1.165, 1.54) is 0 Å². The van der Waals surface area contributed by atoms with Crippen molar-refractivity contribution in [2.45, 2.75) is 37.9 Å². The van der Waals surface area contributed by atoms with Crippen LogP contribution in [0.5, 0.6) is 0 Å². The zero-order valence-electron chi connectivity index (χ0n) is 6.12.